The van der Waals surface area contributed by atoms with Gasteiger partial charge in [-0.1, -0.05) is 37.6 Å². The molecule has 2 heterocycles. The van der Waals surface area contributed by atoms with E-state index >= 15 is 0 Å². The van der Waals surface area contributed by atoms with Crippen LogP contribution in [-0.4, -0.2) is 46.9 Å². The lowest BCUT2D eigenvalue weighted by atomic mass is 9.85. The van der Waals surface area contributed by atoms with Crippen molar-refractivity contribution in [3.63, 3.8) is 0 Å². The summed E-state index contributed by atoms with van der Waals surface area (Å²) in [4.78, 5) is 11.8. The number of nitriles is 1. The summed E-state index contributed by atoms with van der Waals surface area (Å²) >= 11 is 6.49. The molecule has 35 heavy (non-hydrogen) atoms. The Morgan fingerprint density at radius 1 is 1.34 bits per heavy atom. The average Bonchev–Trinajstić information content (AvgIpc) is 3.27. The molecule has 1 aliphatic heterocycles. The van der Waals surface area contributed by atoms with Gasteiger partial charge in [-0.25, -0.2) is 9.98 Å². The molecule has 0 aliphatic carbocycles. The van der Waals surface area contributed by atoms with Crippen LogP contribution in [-0.2, 0) is 0 Å². The number of allylic oxidation sites excluding steroid dienone is 1. The van der Waals surface area contributed by atoms with E-state index in [4.69, 9.17) is 16.6 Å². The zero-order chi connectivity index (χ0) is 25.5. The van der Waals surface area contributed by atoms with E-state index in [0.29, 0.717) is 22.6 Å². The minimum absolute atomic E-state index is 0.126. The number of amidine groups is 2. The lowest BCUT2D eigenvalue weighted by Gasteiger charge is -2.30. The molecule has 1 aliphatic rings. The van der Waals surface area contributed by atoms with Crippen molar-refractivity contribution in [3.8, 4) is 6.07 Å². The fourth-order valence-corrected chi connectivity index (χ4v) is 4.24. The lowest BCUT2D eigenvalue weighted by molar-refractivity contribution is 0.255. The zero-order valence-corrected chi connectivity index (χ0v) is 22.4. The van der Waals surface area contributed by atoms with Crippen LogP contribution in [0.5, 0.6) is 0 Å². The molecule has 0 amide bonds. The van der Waals surface area contributed by atoms with Crippen molar-refractivity contribution in [1.82, 2.24) is 15.1 Å². The molecule has 1 atom stereocenters. The van der Waals surface area contributed by atoms with Crippen molar-refractivity contribution in [2.24, 2.45) is 15.9 Å². The fourth-order valence-electron chi connectivity index (χ4n) is 4.16. The minimum atomic E-state index is 0.126. The molecular formula is C27H36ClN7. The van der Waals surface area contributed by atoms with Crippen LogP contribution < -0.4 is 5.32 Å². The number of piperidine rings is 1. The number of aromatic nitrogens is 2. The number of nitrogens with one attached hydrogen (secondary N) is 2. The first kappa shape index (κ1) is 26.7. The highest BCUT2D eigenvalue weighted by Gasteiger charge is 2.22. The third-order valence-electron chi connectivity index (χ3n) is 6.62. The fraction of sp³-hybridized carbons (Fsp3) is 0.481. The number of aromatic amines is 1. The molecule has 1 aromatic carbocycles. The molecule has 1 fully saturated rings. The maximum atomic E-state index is 9.95. The molecule has 0 spiro atoms. The number of halogens is 1. The quantitative estimate of drug-likeness (QED) is 0.358. The molecule has 8 heteroatoms. The molecule has 2 aromatic rings. The van der Waals surface area contributed by atoms with Gasteiger partial charge in [-0.05, 0) is 83.3 Å². The largest absolute Gasteiger partial charge is 0.343 e. The van der Waals surface area contributed by atoms with E-state index in [1.807, 2.05) is 26.0 Å². The Morgan fingerprint density at radius 3 is 2.63 bits per heavy atom. The van der Waals surface area contributed by atoms with Crippen LogP contribution in [0.4, 0.5) is 11.5 Å². The number of likely N-dealkylation sites (tertiary alicyclic amines) is 1. The van der Waals surface area contributed by atoms with Gasteiger partial charge in [0.2, 0.25) is 0 Å². The Labute approximate surface area is 214 Å². The summed E-state index contributed by atoms with van der Waals surface area (Å²) in [5.74, 6) is 2.21. The van der Waals surface area contributed by atoms with Gasteiger partial charge < -0.3 is 10.2 Å². The van der Waals surface area contributed by atoms with E-state index in [9.17, 15) is 5.26 Å². The van der Waals surface area contributed by atoms with Gasteiger partial charge in [0.25, 0.3) is 0 Å². The molecule has 1 aromatic heterocycles. The SMILES string of the molecule is C/C=C(/Cl)C(=Nc1cc(C)[nH]n1)N=C(Nc1cc(C#N)c(C2CCN(C)CC2)cc1C)C(C)CC. The molecule has 0 bridgehead atoms. The second-order valence-corrected chi connectivity index (χ2v) is 9.76. The van der Waals surface area contributed by atoms with Crippen molar-refractivity contribution in [3.05, 3.63) is 51.7 Å². The molecule has 0 saturated carbocycles. The van der Waals surface area contributed by atoms with Crippen molar-refractivity contribution in [2.75, 3.05) is 25.5 Å². The van der Waals surface area contributed by atoms with Gasteiger partial charge in [0.05, 0.1) is 16.7 Å². The van der Waals surface area contributed by atoms with Gasteiger partial charge >= 0.3 is 0 Å². The maximum Gasteiger partial charge on any atom is 0.176 e. The number of aliphatic imine (C=N–C) groups is 2. The number of aryl methyl sites for hydroxylation is 2. The van der Waals surface area contributed by atoms with E-state index in [0.717, 1.165) is 66.3 Å². The number of benzene rings is 1. The van der Waals surface area contributed by atoms with E-state index < -0.39 is 0 Å². The number of hydrogen-bond donors (Lipinski definition) is 2. The summed E-state index contributed by atoms with van der Waals surface area (Å²) in [6.07, 6.45) is 4.80. The third-order valence-corrected chi connectivity index (χ3v) is 7.01. The molecule has 1 unspecified atom stereocenters. The summed E-state index contributed by atoms with van der Waals surface area (Å²) in [6.45, 7) is 12.2. The molecule has 0 radical (unpaired) electrons. The van der Waals surface area contributed by atoms with Gasteiger partial charge in [0.15, 0.2) is 11.7 Å². The van der Waals surface area contributed by atoms with Crippen LogP contribution in [0.15, 0.2) is 39.3 Å². The summed E-state index contributed by atoms with van der Waals surface area (Å²) in [7, 11) is 2.15. The number of nitrogens with zero attached hydrogens (tertiary/aromatic N) is 5. The molecule has 2 N–H and O–H groups in total. The first-order valence-electron chi connectivity index (χ1n) is 12.3. The van der Waals surface area contributed by atoms with Gasteiger partial charge in [0.1, 0.15) is 5.84 Å². The Hall–Kier alpha value is -2.95. The second-order valence-electron chi connectivity index (χ2n) is 9.36. The monoisotopic (exact) mass is 493 g/mol. The highest BCUT2D eigenvalue weighted by atomic mass is 35.5. The molecule has 7 nitrogen and oxygen atoms in total. The van der Waals surface area contributed by atoms with Crippen LogP contribution in [0.25, 0.3) is 0 Å². The Morgan fingerprint density at radius 2 is 2.06 bits per heavy atom. The Bertz CT molecular complexity index is 1160. The van der Waals surface area contributed by atoms with Crippen molar-refractivity contribution >= 4 is 34.8 Å². The predicted octanol–water partition coefficient (Wildman–Crippen LogP) is 6.44. The lowest BCUT2D eigenvalue weighted by Crippen LogP contribution is -2.29. The molecule has 186 valence electrons. The smallest absolute Gasteiger partial charge is 0.176 e. The number of anilines is 1. The topological polar surface area (TPSA) is 92.5 Å². The molecule has 1 saturated heterocycles. The molecule has 3 rings (SSSR count). The maximum absolute atomic E-state index is 9.95. The van der Waals surface area contributed by atoms with Gasteiger partial charge in [0, 0.05) is 23.4 Å². The third kappa shape index (κ3) is 6.81. The second kappa shape index (κ2) is 12.1. The van der Waals surface area contributed by atoms with E-state index in [1.165, 1.54) is 0 Å². The summed E-state index contributed by atoms with van der Waals surface area (Å²) in [5.41, 5.74) is 4.76. The van der Waals surface area contributed by atoms with Crippen LogP contribution in [0.3, 0.4) is 0 Å². The van der Waals surface area contributed by atoms with Gasteiger partial charge in [-0.2, -0.15) is 10.4 Å². The normalized spacial score (nSPS) is 17.4. The van der Waals surface area contributed by atoms with E-state index in [1.54, 1.807) is 6.08 Å². The summed E-state index contributed by atoms with van der Waals surface area (Å²) in [6, 6.07) is 8.41. The minimum Gasteiger partial charge on any atom is -0.343 e. The molecular weight excluding hydrogens is 458 g/mol. The highest BCUT2D eigenvalue weighted by Crippen LogP contribution is 2.33. The summed E-state index contributed by atoms with van der Waals surface area (Å²) < 4.78 is 0. The van der Waals surface area contributed by atoms with E-state index in [-0.39, 0.29) is 5.92 Å². The van der Waals surface area contributed by atoms with Gasteiger partial charge in [-0.15, -0.1) is 0 Å². The first-order chi connectivity index (χ1) is 16.7. The van der Waals surface area contributed by atoms with Gasteiger partial charge in [-0.3, -0.25) is 5.10 Å². The average molecular weight is 494 g/mol. The number of rotatable bonds is 6. The predicted molar refractivity (Wildman–Crippen MR) is 146 cm³/mol. The number of H-pyrrole nitrogens is 1. The van der Waals surface area contributed by atoms with Crippen molar-refractivity contribution in [2.45, 2.75) is 59.8 Å². The Kier molecular flexibility index (Phi) is 9.25. The van der Waals surface area contributed by atoms with Crippen LogP contribution in [0.2, 0.25) is 0 Å². The number of hydrogen-bond acceptors (Lipinski definition) is 4. The van der Waals surface area contributed by atoms with Crippen LogP contribution in [0.1, 0.15) is 68.3 Å². The Balaban J connectivity index is 1.99. The standard InChI is InChI=1S/C27H36ClN7/c1-7-17(3)26(32-27(23(28)8-2)31-25-14-19(5)33-34-25)30-24-15-21(16-29)22(13-18(24)4)20-9-11-35(6)12-10-20/h8,13-15,17,20H,7,9-12H2,1-6H3,(H2,30,31,32,33,34)/b23-8+. The van der Waals surface area contributed by atoms with E-state index in [2.05, 4.69) is 65.4 Å². The highest BCUT2D eigenvalue weighted by molar-refractivity contribution is 6.44. The summed E-state index contributed by atoms with van der Waals surface area (Å²) in [5, 5.41) is 21.0. The first-order valence-corrected chi connectivity index (χ1v) is 12.6. The van der Waals surface area contributed by atoms with Crippen molar-refractivity contribution in [1.29, 1.82) is 5.26 Å². The zero-order valence-electron chi connectivity index (χ0n) is 21.6. The van der Waals surface area contributed by atoms with Crippen LogP contribution in [0, 0.1) is 31.1 Å². The van der Waals surface area contributed by atoms with Crippen LogP contribution >= 0.6 is 11.6 Å². The van der Waals surface area contributed by atoms with Crippen molar-refractivity contribution < 1.29 is 0 Å².